The van der Waals surface area contributed by atoms with Gasteiger partial charge in [0.1, 0.15) is 0 Å². The van der Waals surface area contributed by atoms with Gasteiger partial charge in [-0.3, -0.25) is 29.4 Å². The lowest BCUT2D eigenvalue weighted by Crippen LogP contribution is -2.60. The molecule has 0 bridgehead atoms. The van der Waals surface area contributed by atoms with E-state index in [2.05, 4.69) is 21.2 Å². The molecule has 180 valence electrons. The van der Waals surface area contributed by atoms with Gasteiger partial charge >= 0.3 is 0 Å². The maximum absolute atomic E-state index is 13.6. The van der Waals surface area contributed by atoms with Crippen molar-refractivity contribution in [3.05, 3.63) is 35.4 Å². The molecule has 2 aliphatic carbocycles. The van der Waals surface area contributed by atoms with Gasteiger partial charge in [0.2, 0.25) is 11.8 Å². The highest BCUT2D eigenvalue weighted by Crippen LogP contribution is 2.65. The number of hydrogen-bond acceptors (Lipinski definition) is 6. The van der Waals surface area contributed by atoms with Crippen molar-refractivity contribution in [2.45, 2.75) is 35.4 Å². The number of imide groups is 2. The fourth-order valence-electron chi connectivity index (χ4n) is 6.02. The molecule has 1 aromatic rings. The summed E-state index contributed by atoms with van der Waals surface area (Å²) in [5, 5.41) is 12.6. The maximum atomic E-state index is 13.6. The van der Waals surface area contributed by atoms with Crippen LogP contribution in [-0.2, 0) is 19.2 Å². The second-order valence-electron chi connectivity index (χ2n) is 9.00. The number of amides is 4. The monoisotopic (exact) mass is 570 g/mol. The number of fused-ring (bicyclic) bond motifs is 4. The third kappa shape index (κ3) is 2.89. The zero-order valence-electron chi connectivity index (χ0n) is 18.0. The number of carbonyl (C=O) groups excluding carboxylic acids is 4. The minimum absolute atomic E-state index is 0.0628. The smallest absolute Gasteiger partial charge is 0.254 e. The Kier molecular flexibility index (Phi) is 5.53. The summed E-state index contributed by atoms with van der Waals surface area (Å²) in [6.45, 7) is 2.06. The maximum Gasteiger partial charge on any atom is 0.254 e. The van der Waals surface area contributed by atoms with Gasteiger partial charge in [-0.25, -0.2) is 0 Å². The molecule has 1 saturated carbocycles. The molecule has 1 aromatic carbocycles. The second kappa shape index (κ2) is 7.96. The Hall–Kier alpha value is -2.10. The van der Waals surface area contributed by atoms with Gasteiger partial charge < -0.3 is 9.84 Å². The number of phenols is 1. The number of phenolic OH excluding ortho intramolecular Hbond substituents is 1. The number of benzene rings is 1. The van der Waals surface area contributed by atoms with E-state index >= 15 is 0 Å². The van der Waals surface area contributed by atoms with E-state index in [-0.39, 0.29) is 29.3 Å². The Bertz CT molecular complexity index is 1170. The van der Waals surface area contributed by atoms with Crippen molar-refractivity contribution in [3.8, 4) is 11.5 Å². The molecule has 0 aromatic heterocycles. The predicted molar refractivity (Wildman–Crippen MR) is 126 cm³/mol. The van der Waals surface area contributed by atoms with Crippen LogP contribution < -0.4 is 10.1 Å². The van der Waals surface area contributed by atoms with Gasteiger partial charge in [-0.05, 0) is 43.4 Å². The Labute approximate surface area is 213 Å². The Morgan fingerprint density at radius 3 is 2.59 bits per heavy atom. The van der Waals surface area contributed by atoms with E-state index in [1.54, 1.807) is 19.1 Å². The second-order valence-corrected chi connectivity index (χ2v) is 10.7. The molecule has 2 aliphatic heterocycles. The number of carbonyl (C=O) groups is 4. The number of halogens is 3. The Morgan fingerprint density at radius 1 is 1.18 bits per heavy atom. The molecular weight excluding hydrogens is 551 g/mol. The van der Waals surface area contributed by atoms with Gasteiger partial charge in [0, 0.05) is 5.92 Å². The van der Waals surface area contributed by atoms with Gasteiger partial charge in [0.15, 0.2) is 21.2 Å². The number of ether oxygens (including phenoxy) is 1. The summed E-state index contributed by atoms with van der Waals surface area (Å²) >= 11 is 17.4. The molecule has 8 nitrogen and oxygen atoms in total. The molecule has 3 fully saturated rings. The van der Waals surface area contributed by atoms with Crippen molar-refractivity contribution in [1.29, 1.82) is 0 Å². The molecule has 2 saturated heterocycles. The Balaban J connectivity index is 1.75. The highest BCUT2D eigenvalue weighted by molar-refractivity contribution is 9.09. The summed E-state index contributed by atoms with van der Waals surface area (Å²) in [5.74, 6) is -4.70. The van der Waals surface area contributed by atoms with E-state index < -0.39 is 51.1 Å². The standard InChI is InChI=1S/C23H21BrCl2N2O6/c1-2-34-15-7-10(3-6-14(15)29)17-11-4-5-12-16(19(31)27-18(12)30)13(11)8-22(25)20(32)28(9-24)21(33)23(17,22)26/h3-4,6-7,12-13,16-17,29H,2,5,8-9H2,1H3,(H,27,30,31). The largest absolute Gasteiger partial charge is 0.504 e. The fourth-order valence-corrected chi connectivity index (χ4v) is 7.44. The molecule has 6 unspecified atom stereocenters. The first-order valence-corrected chi connectivity index (χ1v) is 12.8. The van der Waals surface area contributed by atoms with E-state index in [4.69, 9.17) is 27.9 Å². The number of rotatable bonds is 4. The fraction of sp³-hybridized carbons (Fsp3) is 0.478. The minimum Gasteiger partial charge on any atom is -0.504 e. The van der Waals surface area contributed by atoms with E-state index in [1.165, 1.54) is 6.07 Å². The molecule has 6 atom stereocenters. The van der Waals surface area contributed by atoms with E-state index in [0.29, 0.717) is 24.2 Å². The van der Waals surface area contributed by atoms with Crippen LogP contribution in [0.2, 0.25) is 0 Å². The number of nitrogens with zero attached hydrogens (tertiary/aromatic N) is 1. The molecule has 11 heteroatoms. The van der Waals surface area contributed by atoms with Crippen LogP contribution in [0.5, 0.6) is 11.5 Å². The number of allylic oxidation sites excluding steroid dienone is 2. The van der Waals surface area contributed by atoms with Gasteiger partial charge in [-0.2, -0.15) is 0 Å². The molecule has 4 amide bonds. The van der Waals surface area contributed by atoms with Crippen LogP contribution in [0.1, 0.15) is 31.2 Å². The average molecular weight is 572 g/mol. The summed E-state index contributed by atoms with van der Waals surface area (Å²) in [6, 6.07) is 4.62. The molecule has 2 N–H and O–H groups in total. The molecule has 5 rings (SSSR count). The predicted octanol–water partition coefficient (Wildman–Crippen LogP) is 2.79. The third-order valence-corrected chi connectivity index (χ3v) is 9.39. The number of alkyl halides is 3. The summed E-state index contributed by atoms with van der Waals surface area (Å²) in [7, 11) is 0. The highest BCUT2D eigenvalue weighted by atomic mass is 79.9. The van der Waals surface area contributed by atoms with Gasteiger partial charge in [0.25, 0.3) is 11.8 Å². The van der Waals surface area contributed by atoms with E-state index in [9.17, 15) is 24.3 Å². The van der Waals surface area contributed by atoms with Crippen LogP contribution >= 0.6 is 39.1 Å². The molecule has 0 spiro atoms. The lowest BCUT2D eigenvalue weighted by molar-refractivity contribution is -0.138. The highest BCUT2D eigenvalue weighted by Gasteiger charge is 2.76. The third-order valence-electron chi connectivity index (χ3n) is 7.47. The van der Waals surface area contributed by atoms with Crippen molar-refractivity contribution >= 4 is 62.8 Å². The van der Waals surface area contributed by atoms with Gasteiger partial charge in [-0.1, -0.05) is 33.6 Å². The SMILES string of the molecule is CCOc1cc(C2C3=CCC4C(=O)NC(=O)C4C3CC3(Cl)C(=O)N(CBr)C(=O)C23Cl)ccc1O. The van der Waals surface area contributed by atoms with Crippen molar-refractivity contribution in [1.82, 2.24) is 10.2 Å². The number of aromatic hydroxyl groups is 1. The Morgan fingerprint density at radius 2 is 1.91 bits per heavy atom. The topological polar surface area (TPSA) is 113 Å². The molecule has 34 heavy (non-hydrogen) atoms. The van der Waals surface area contributed by atoms with Crippen molar-refractivity contribution < 1.29 is 29.0 Å². The number of likely N-dealkylation sites (tertiary alicyclic amines) is 1. The van der Waals surface area contributed by atoms with Crippen LogP contribution in [0.15, 0.2) is 29.8 Å². The van der Waals surface area contributed by atoms with E-state index in [1.807, 2.05) is 6.08 Å². The molecule has 4 aliphatic rings. The van der Waals surface area contributed by atoms with Crippen molar-refractivity contribution in [2.24, 2.45) is 17.8 Å². The number of nitrogens with one attached hydrogen (secondary N) is 1. The zero-order chi connectivity index (χ0) is 24.6. The first kappa shape index (κ1) is 23.6. The average Bonchev–Trinajstić information content (AvgIpc) is 3.17. The lowest BCUT2D eigenvalue weighted by Gasteiger charge is -2.50. The zero-order valence-corrected chi connectivity index (χ0v) is 21.1. The van der Waals surface area contributed by atoms with Crippen LogP contribution in [0, 0.1) is 17.8 Å². The summed E-state index contributed by atoms with van der Waals surface area (Å²) in [4.78, 5) is 49.5. The van der Waals surface area contributed by atoms with Crippen LogP contribution in [0.25, 0.3) is 0 Å². The minimum atomic E-state index is -1.88. The van der Waals surface area contributed by atoms with Crippen molar-refractivity contribution in [3.63, 3.8) is 0 Å². The van der Waals surface area contributed by atoms with Crippen LogP contribution in [0.4, 0.5) is 0 Å². The van der Waals surface area contributed by atoms with Crippen LogP contribution in [-0.4, -0.2) is 55.4 Å². The van der Waals surface area contributed by atoms with Crippen molar-refractivity contribution in [2.75, 3.05) is 12.1 Å². The molecular formula is C23H21BrCl2N2O6. The van der Waals surface area contributed by atoms with Crippen LogP contribution in [0.3, 0.4) is 0 Å². The molecule has 0 radical (unpaired) electrons. The summed E-state index contributed by atoms with van der Waals surface area (Å²) in [5.41, 5.74) is 1.11. The van der Waals surface area contributed by atoms with Gasteiger partial charge in [0.05, 0.1) is 23.9 Å². The first-order chi connectivity index (χ1) is 16.1. The summed E-state index contributed by atoms with van der Waals surface area (Å²) < 4.78 is 5.54. The normalized spacial score (nSPS) is 36.6. The summed E-state index contributed by atoms with van der Waals surface area (Å²) in [6.07, 6.45) is 2.08. The lowest BCUT2D eigenvalue weighted by atomic mass is 9.56. The molecule has 2 heterocycles. The van der Waals surface area contributed by atoms with Gasteiger partial charge in [-0.15, -0.1) is 23.2 Å². The van der Waals surface area contributed by atoms with E-state index in [0.717, 1.165) is 4.90 Å². The number of hydrogen-bond donors (Lipinski definition) is 2. The quantitative estimate of drug-likeness (QED) is 0.249. The first-order valence-electron chi connectivity index (χ1n) is 10.9.